The first-order chi connectivity index (χ1) is 16.8. The summed E-state index contributed by atoms with van der Waals surface area (Å²) in [4.78, 5) is 47.9. The number of likely N-dealkylation sites (tertiary alicyclic amines) is 1. The van der Waals surface area contributed by atoms with Crippen LogP contribution in [0.3, 0.4) is 0 Å². The molecule has 1 saturated heterocycles. The first kappa shape index (κ1) is 24.0. The SMILES string of the molecule is CC(=O)N1CC[C@@H](NC(=O)C2Cc3cc(Cl)ccc3N2)[C@H](NC(=O)c2nc3c(s2)CN(C)CC3)C1. The molecule has 1 aromatic heterocycles. The standard InChI is InChI=1S/C24H29ClN6O3S/c1-13(32)31-8-6-17(27-22(33)19-10-14-9-15(25)3-4-16(14)26-19)20(11-31)28-23(34)24-29-18-5-7-30(2)12-21(18)35-24/h3-4,9,17,19-20,26H,5-8,10-12H2,1-2H3,(H,27,33)(H,28,34)/t17-,19?,20-/m1/s1. The van der Waals surface area contributed by atoms with Crippen LogP contribution >= 0.6 is 22.9 Å². The van der Waals surface area contributed by atoms with E-state index in [0.29, 0.717) is 36.0 Å². The van der Waals surface area contributed by atoms with Gasteiger partial charge in [-0.3, -0.25) is 14.4 Å². The molecule has 0 spiro atoms. The smallest absolute Gasteiger partial charge is 0.280 e. The molecule has 1 fully saturated rings. The van der Waals surface area contributed by atoms with E-state index in [4.69, 9.17) is 11.6 Å². The Bertz CT molecular complexity index is 1170. The lowest BCUT2D eigenvalue weighted by atomic mass is 9.98. The molecule has 0 radical (unpaired) electrons. The molecular weight excluding hydrogens is 488 g/mol. The summed E-state index contributed by atoms with van der Waals surface area (Å²) in [6, 6.07) is 4.43. The summed E-state index contributed by atoms with van der Waals surface area (Å²) in [5, 5.41) is 10.5. The lowest BCUT2D eigenvalue weighted by Gasteiger charge is -2.39. The lowest BCUT2D eigenvalue weighted by molar-refractivity contribution is -0.130. The topological polar surface area (TPSA) is 107 Å². The number of piperidine rings is 1. The third-order valence-electron chi connectivity index (χ3n) is 6.96. The van der Waals surface area contributed by atoms with Crippen LogP contribution in [0.15, 0.2) is 18.2 Å². The van der Waals surface area contributed by atoms with Crippen LogP contribution in [0.25, 0.3) is 0 Å². The Balaban J connectivity index is 1.27. The predicted octanol–water partition coefficient (Wildman–Crippen LogP) is 1.66. The first-order valence-electron chi connectivity index (χ1n) is 11.9. The number of fused-ring (bicyclic) bond motifs is 2. The number of aromatic nitrogens is 1. The van der Waals surface area contributed by atoms with Crippen molar-refractivity contribution in [1.29, 1.82) is 0 Å². The normalized spacial score (nSPS) is 23.7. The Morgan fingerprint density at radius 3 is 2.83 bits per heavy atom. The molecule has 35 heavy (non-hydrogen) atoms. The highest BCUT2D eigenvalue weighted by Crippen LogP contribution is 2.29. The van der Waals surface area contributed by atoms with E-state index in [1.54, 1.807) is 11.0 Å². The van der Waals surface area contributed by atoms with E-state index in [9.17, 15) is 14.4 Å². The second-order valence-corrected chi connectivity index (χ2v) is 11.0. The number of nitrogens with one attached hydrogen (secondary N) is 3. The van der Waals surface area contributed by atoms with Crippen molar-refractivity contribution in [1.82, 2.24) is 25.4 Å². The third-order valence-corrected chi connectivity index (χ3v) is 8.27. The fourth-order valence-electron chi connectivity index (χ4n) is 4.98. The lowest BCUT2D eigenvalue weighted by Crippen LogP contribution is -2.62. The van der Waals surface area contributed by atoms with Gasteiger partial charge >= 0.3 is 0 Å². The summed E-state index contributed by atoms with van der Waals surface area (Å²) >= 11 is 7.52. The van der Waals surface area contributed by atoms with Gasteiger partial charge in [-0.2, -0.15) is 0 Å². The Morgan fingerprint density at radius 2 is 2.03 bits per heavy atom. The summed E-state index contributed by atoms with van der Waals surface area (Å²) < 4.78 is 0. The fraction of sp³-hybridized carbons (Fsp3) is 0.500. The Kier molecular flexibility index (Phi) is 6.69. The van der Waals surface area contributed by atoms with Crippen LogP contribution in [0.2, 0.25) is 5.02 Å². The fourth-order valence-corrected chi connectivity index (χ4v) is 6.27. The van der Waals surface area contributed by atoms with Gasteiger partial charge in [0.05, 0.1) is 17.8 Å². The number of amides is 3. The number of carbonyl (C=O) groups excluding carboxylic acids is 3. The van der Waals surface area contributed by atoms with Crippen molar-refractivity contribution < 1.29 is 14.4 Å². The maximum Gasteiger partial charge on any atom is 0.280 e. The molecule has 9 nitrogen and oxygen atoms in total. The highest BCUT2D eigenvalue weighted by molar-refractivity contribution is 7.13. The van der Waals surface area contributed by atoms with Gasteiger partial charge in [0.1, 0.15) is 6.04 Å². The molecule has 3 N–H and O–H groups in total. The minimum atomic E-state index is -0.411. The number of nitrogens with zero attached hydrogens (tertiary/aromatic N) is 3. The van der Waals surface area contributed by atoms with Crippen molar-refractivity contribution in [2.24, 2.45) is 0 Å². The van der Waals surface area contributed by atoms with E-state index < -0.39 is 12.1 Å². The van der Waals surface area contributed by atoms with Crippen LogP contribution in [0.1, 0.15) is 39.3 Å². The van der Waals surface area contributed by atoms with Crippen molar-refractivity contribution in [3.63, 3.8) is 0 Å². The number of benzene rings is 1. The Morgan fingerprint density at radius 1 is 1.20 bits per heavy atom. The molecule has 4 heterocycles. The average molecular weight is 517 g/mol. The maximum atomic E-state index is 13.1. The van der Waals surface area contributed by atoms with Crippen LogP contribution in [0.5, 0.6) is 0 Å². The molecular formula is C24H29ClN6O3S. The zero-order chi connectivity index (χ0) is 24.7. The summed E-state index contributed by atoms with van der Waals surface area (Å²) in [5.74, 6) is -0.445. The zero-order valence-electron chi connectivity index (χ0n) is 19.8. The summed E-state index contributed by atoms with van der Waals surface area (Å²) in [6.45, 7) is 4.11. The van der Waals surface area contributed by atoms with E-state index >= 15 is 0 Å². The highest BCUT2D eigenvalue weighted by atomic mass is 35.5. The number of thiazole rings is 1. The number of anilines is 1. The van der Waals surface area contributed by atoms with Crippen molar-refractivity contribution in [2.75, 3.05) is 32.0 Å². The number of halogens is 1. The molecule has 1 unspecified atom stereocenters. The zero-order valence-corrected chi connectivity index (χ0v) is 21.3. The van der Waals surface area contributed by atoms with E-state index in [1.807, 2.05) is 12.1 Å². The number of hydrogen-bond acceptors (Lipinski definition) is 7. The minimum absolute atomic E-state index is 0.0495. The van der Waals surface area contributed by atoms with Crippen LogP contribution in [-0.4, -0.2) is 77.3 Å². The molecule has 11 heteroatoms. The minimum Gasteiger partial charge on any atom is -0.373 e. The molecule has 2 aromatic rings. The second-order valence-electron chi connectivity index (χ2n) is 9.53. The van der Waals surface area contributed by atoms with Gasteiger partial charge in [0.15, 0.2) is 5.01 Å². The average Bonchev–Trinajstić information content (AvgIpc) is 3.43. The Hall–Kier alpha value is -2.69. The van der Waals surface area contributed by atoms with E-state index in [2.05, 4.69) is 32.9 Å². The van der Waals surface area contributed by atoms with E-state index in [0.717, 1.165) is 41.3 Å². The monoisotopic (exact) mass is 516 g/mol. The van der Waals surface area contributed by atoms with Gasteiger partial charge in [0, 0.05) is 61.5 Å². The molecule has 0 aliphatic carbocycles. The van der Waals surface area contributed by atoms with Gasteiger partial charge in [0.25, 0.3) is 5.91 Å². The second kappa shape index (κ2) is 9.75. The van der Waals surface area contributed by atoms with Gasteiger partial charge in [0.2, 0.25) is 11.8 Å². The molecule has 5 rings (SSSR count). The van der Waals surface area contributed by atoms with Crippen molar-refractivity contribution in [2.45, 2.75) is 50.9 Å². The molecule has 1 aromatic carbocycles. The number of rotatable bonds is 4. The van der Waals surface area contributed by atoms with Crippen LogP contribution in [0.4, 0.5) is 5.69 Å². The molecule has 0 bridgehead atoms. The van der Waals surface area contributed by atoms with Crippen LogP contribution < -0.4 is 16.0 Å². The maximum absolute atomic E-state index is 13.1. The van der Waals surface area contributed by atoms with Gasteiger partial charge in [-0.05, 0) is 37.2 Å². The number of likely N-dealkylation sites (N-methyl/N-ethyl adjacent to an activating group) is 1. The summed E-state index contributed by atoms with van der Waals surface area (Å²) in [7, 11) is 2.06. The van der Waals surface area contributed by atoms with E-state index in [-0.39, 0.29) is 23.8 Å². The predicted molar refractivity (Wildman–Crippen MR) is 135 cm³/mol. The molecule has 3 amide bonds. The van der Waals surface area contributed by atoms with Gasteiger partial charge < -0.3 is 25.8 Å². The molecule has 3 atom stereocenters. The van der Waals surface area contributed by atoms with E-state index in [1.165, 1.54) is 18.3 Å². The molecule has 3 aliphatic heterocycles. The molecule has 3 aliphatic rings. The number of carbonyl (C=O) groups is 3. The molecule has 186 valence electrons. The highest BCUT2D eigenvalue weighted by Gasteiger charge is 2.36. The van der Waals surface area contributed by atoms with Crippen molar-refractivity contribution >= 4 is 46.3 Å². The third kappa shape index (κ3) is 5.14. The number of hydrogen-bond donors (Lipinski definition) is 3. The van der Waals surface area contributed by atoms with Crippen LogP contribution in [0, 0.1) is 0 Å². The molecule has 0 saturated carbocycles. The first-order valence-corrected chi connectivity index (χ1v) is 13.0. The quantitative estimate of drug-likeness (QED) is 0.570. The summed E-state index contributed by atoms with van der Waals surface area (Å²) in [5.41, 5.74) is 2.90. The van der Waals surface area contributed by atoms with Gasteiger partial charge in [-0.15, -0.1) is 11.3 Å². The van der Waals surface area contributed by atoms with Gasteiger partial charge in [-0.25, -0.2) is 4.98 Å². The largest absolute Gasteiger partial charge is 0.373 e. The van der Waals surface area contributed by atoms with Gasteiger partial charge in [-0.1, -0.05) is 11.6 Å². The van der Waals surface area contributed by atoms with Crippen molar-refractivity contribution in [3.8, 4) is 0 Å². The van der Waals surface area contributed by atoms with Crippen LogP contribution in [-0.2, 0) is 29.0 Å². The summed E-state index contributed by atoms with van der Waals surface area (Å²) in [6.07, 6.45) is 1.93. The Labute approximate surface area is 213 Å². The van der Waals surface area contributed by atoms with Crippen molar-refractivity contribution in [3.05, 3.63) is 44.4 Å².